The number of rotatable bonds is 7. The van der Waals surface area contributed by atoms with Crippen molar-refractivity contribution >= 4 is 17.7 Å². The van der Waals surface area contributed by atoms with Gasteiger partial charge in [0.25, 0.3) is 0 Å². The molecule has 0 fully saturated rings. The molecule has 29 heavy (non-hydrogen) atoms. The summed E-state index contributed by atoms with van der Waals surface area (Å²) in [7, 11) is 0. The summed E-state index contributed by atoms with van der Waals surface area (Å²) in [6.45, 7) is 6.33. The van der Waals surface area contributed by atoms with Crippen molar-refractivity contribution in [2.24, 2.45) is 0 Å². The van der Waals surface area contributed by atoms with Gasteiger partial charge in [-0.2, -0.15) is 0 Å². The molecule has 0 saturated heterocycles. The predicted molar refractivity (Wildman–Crippen MR) is 110 cm³/mol. The first-order chi connectivity index (χ1) is 13.9. The van der Waals surface area contributed by atoms with Crippen molar-refractivity contribution in [3.8, 4) is 11.4 Å². The number of aryl methyl sites for hydroxylation is 1. The van der Waals surface area contributed by atoms with E-state index in [-0.39, 0.29) is 17.2 Å². The van der Waals surface area contributed by atoms with Crippen molar-refractivity contribution in [1.82, 2.24) is 20.1 Å². The van der Waals surface area contributed by atoms with Gasteiger partial charge >= 0.3 is 0 Å². The maximum Gasteiger partial charge on any atom is 0.230 e. The molecule has 0 aliphatic rings. The van der Waals surface area contributed by atoms with E-state index in [1.807, 2.05) is 42.7 Å². The minimum absolute atomic E-state index is 0.110. The number of aromatic nitrogens is 3. The summed E-state index contributed by atoms with van der Waals surface area (Å²) in [6, 6.07) is 10.7. The number of nitrogens with one attached hydrogen (secondary N) is 1. The molecular formula is C21H22F2N4OS. The Morgan fingerprint density at radius 3 is 2.66 bits per heavy atom. The third-order valence-corrected chi connectivity index (χ3v) is 5.52. The number of amides is 1. The summed E-state index contributed by atoms with van der Waals surface area (Å²) in [5, 5.41) is 11.9. The minimum Gasteiger partial charge on any atom is -0.349 e. The van der Waals surface area contributed by atoms with E-state index in [0.29, 0.717) is 11.7 Å². The van der Waals surface area contributed by atoms with Gasteiger partial charge in [0.1, 0.15) is 11.6 Å². The summed E-state index contributed by atoms with van der Waals surface area (Å²) in [6.07, 6.45) is 0. The molecule has 1 atom stereocenters. The lowest BCUT2D eigenvalue weighted by molar-refractivity contribution is -0.119. The Balaban J connectivity index is 1.67. The molecule has 0 spiro atoms. The molecule has 0 aliphatic heterocycles. The summed E-state index contributed by atoms with van der Waals surface area (Å²) in [4.78, 5) is 12.3. The summed E-state index contributed by atoms with van der Waals surface area (Å²) < 4.78 is 28.9. The number of carbonyl (C=O) groups is 1. The lowest BCUT2D eigenvalue weighted by Crippen LogP contribution is -2.28. The predicted octanol–water partition coefficient (Wildman–Crippen LogP) is 4.52. The van der Waals surface area contributed by atoms with Crippen molar-refractivity contribution in [3.05, 3.63) is 65.2 Å². The van der Waals surface area contributed by atoms with Crippen molar-refractivity contribution in [1.29, 1.82) is 0 Å². The van der Waals surface area contributed by atoms with Crippen molar-refractivity contribution in [2.45, 2.75) is 38.5 Å². The average molecular weight is 416 g/mol. The van der Waals surface area contributed by atoms with Crippen molar-refractivity contribution < 1.29 is 13.6 Å². The molecule has 2 aromatic carbocycles. The van der Waals surface area contributed by atoms with Gasteiger partial charge in [-0.05, 0) is 32.4 Å². The molecule has 1 heterocycles. The van der Waals surface area contributed by atoms with E-state index in [0.717, 1.165) is 23.0 Å². The van der Waals surface area contributed by atoms with Gasteiger partial charge in [0, 0.05) is 23.7 Å². The second-order valence-corrected chi connectivity index (χ2v) is 7.55. The number of carbonyl (C=O) groups excluding carboxylic acids is 1. The highest BCUT2D eigenvalue weighted by atomic mass is 32.2. The number of benzene rings is 2. The fourth-order valence-corrected chi connectivity index (χ4v) is 3.86. The monoisotopic (exact) mass is 416 g/mol. The SMILES string of the molecule is CCn1c(SCC(=O)NC(C)c2ccc(F)cc2F)nnc1-c1ccccc1C. The molecule has 152 valence electrons. The highest BCUT2D eigenvalue weighted by Gasteiger charge is 2.18. The van der Waals surface area contributed by atoms with E-state index in [2.05, 4.69) is 15.5 Å². The molecule has 1 amide bonds. The zero-order chi connectivity index (χ0) is 21.0. The van der Waals surface area contributed by atoms with Crippen LogP contribution in [0.4, 0.5) is 8.78 Å². The number of nitrogens with zero attached hydrogens (tertiary/aromatic N) is 3. The third-order valence-electron chi connectivity index (χ3n) is 4.56. The lowest BCUT2D eigenvalue weighted by atomic mass is 10.1. The highest BCUT2D eigenvalue weighted by Crippen LogP contribution is 2.26. The van der Waals surface area contributed by atoms with Crippen LogP contribution in [-0.4, -0.2) is 26.4 Å². The van der Waals surface area contributed by atoms with Gasteiger partial charge in [-0.15, -0.1) is 10.2 Å². The van der Waals surface area contributed by atoms with Crippen molar-refractivity contribution in [3.63, 3.8) is 0 Å². The van der Waals surface area contributed by atoms with Gasteiger partial charge < -0.3 is 9.88 Å². The molecule has 0 bridgehead atoms. The molecule has 5 nitrogen and oxygen atoms in total. The maximum atomic E-state index is 13.9. The Hall–Kier alpha value is -2.74. The smallest absolute Gasteiger partial charge is 0.230 e. The van der Waals surface area contributed by atoms with Gasteiger partial charge in [-0.1, -0.05) is 42.1 Å². The van der Waals surface area contributed by atoms with E-state index in [9.17, 15) is 13.6 Å². The van der Waals surface area contributed by atoms with Crippen LogP contribution in [0.25, 0.3) is 11.4 Å². The van der Waals surface area contributed by atoms with Crippen LogP contribution in [0.1, 0.15) is 31.0 Å². The van der Waals surface area contributed by atoms with Crippen LogP contribution in [0.2, 0.25) is 0 Å². The Kier molecular flexibility index (Phi) is 6.64. The molecule has 3 rings (SSSR count). The molecule has 1 aromatic heterocycles. The van der Waals surface area contributed by atoms with Gasteiger partial charge in [0.15, 0.2) is 11.0 Å². The second kappa shape index (κ2) is 9.17. The molecule has 3 aromatic rings. The largest absolute Gasteiger partial charge is 0.349 e. The first-order valence-electron chi connectivity index (χ1n) is 9.27. The summed E-state index contributed by atoms with van der Waals surface area (Å²) in [5.74, 6) is -0.730. The van der Waals surface area contributed by atoms with Crippen LogP contribution < -0.4 is 5.32 Å². The van der Waals surface area contributed by atoms with Crippen LogP contribution in [0, 0.1) is 18.6 Å². The quantitative estimate of drug-likeness (QED) is 0.575. The number of halogens is 2. The molecular weight excluding hydrogens is 394 g/mol. The van der Waals surface area contributed by atoms with Crippen LogP contribution in [-0.2, 0) is 11.3 Å². The van der Waals surface area contributed by atoms with Crippen LogP contribution >= 0.6 is 11.8 Å². The molecule has 0 radical (unpaired) electrons. The normalized spacial score (nSPS) is 12.0. The van der Waals surface area contributed by atoms with Gasteiger partial charge in [0.05, 0.1) is 11.8 Å². The highest BCUT2D eigenvalue weighted by molar-refractivity contribution is 7.99. The Morgan fingerprint density at radius 1 is 1.21 bits per heavy atom. The zero-order valence-electron chi connectivity index (χ0n) is 16.4. The second-order valence-electron chi connectivity index (χ2n) is 6.61. The van der Waals surface area contributed by atoms with Crippen LogP contribution in [0.3, 0.4) is 0 Å². The molecule has 8 heteroatoms. The molecule has 0 saturated carbocycles. The summed E-state index contributed by atoms with van der Waals surface area (Å²) in [5.41, 5.74) is 2.33. The number of thioether (sulfide) groups is 1. The Labute approximate surface area is 172 Å². The Morgan fingerprint density at radius 2 is 1.97 bits per heavy atom. The summed E-state index contributed by atoms with van der Waals surface area (Å²) >= 11 is 1.27. The first-order valence-corrected chi connectivity index (χ1v) is 10.3. The molecule has 1 unspecified atom stereocenters. The van der Waals surface area contributed by atoms with Crippen LogP contribution in [0.15, 0.2) is 47.6 Å². The van der Waals surface area contributed by atoms with E-state index >= 15 is 0 Å². The fraction of sp³-hybridized carbons (Fsp3) is 0.286. The van der Waals surface area contributed by atoms with E-state index in [1.165, 1.54) is 23.9 Å². The lowest BCUT2D eigenvalue weighted by Gasteiger charge is -2.15. The van der Waals surface area contributed by atoms with E-state index in [1.54, 1.807) is 6.92 Å². The maximum absolute atomic E-state index is 13.9. The standard InChI is InChI=1S/C21H22F2N4OS/c1-4-27-20(16-8-6-5-7-13(16)2)25-26-21(27)29-12-19(28)24-14(3)17-10-9-15(22)11-18(17)23/h5-11,14H,4,12H2,1-3H3,(H,24,28). The number of hydrogen-bond acceptors (Lipinski definition) is 4. The van der Waals surface area contributed by atoms with Gasteiger partial charge in [0.2, 0.25) is 5.91 Å². The molecule has 0 aliphatic carbocycles. The van der Waals surface area contributed by atoms with E-state index in [4.69, 9.17) is 0 Å². The number of hydrogen-bond donors (Lipinski definition) is 1. The minimum atomic E-state index is -0.681. The van der Waals surface area contributed by atoms with Crippen LogP contribution in [0.5, 0.6) is 0 Å². The van der Waals surface area contributed by atoms with Gasteiger partial charge in [-0.3, -0.25) is 4.79 Å². The molecule has 1 N–H and O–H groups in total. The topological polar surface area (TPSA) is 59.8 Å². The third kappa shape index (κ3) is 4.82. The Bertz CT molecular complexity index is 1020. The first kappa shape index (κ1) is 21.0. The fourth-order valence-electron chi connectivity index (χ4n) is 3.05. The van der Waals surface area contributed by atoms with Gasteiger partial charge in [-0.25, -0.2) is 8.78 Å². The average Bonchev–Trinajstić information content (AvgIpc) is 3.09. The van der Waals surface area contributed by atoms with Crippen molar-refractivity contribution in [2.75, 3.05) is 5.75 Å². The van der Waals surface area contributed by atoms with E-state index < -0.39 is 17.7 Å². The zero-order valence-corrected chi connectivity index (χ0v) is 17.3.